The van der Waals surface area contributed by atoms with Crippen LogP contribution in [0, 0.1) is 6.92 Å². The van der Waals surface area contributed by atoms with Crippen LogP contribution in [0.15, 0.2) is 36.4 Å². The van der Waals surface area contributed by atoms with Gasteiger partial charge in [0.15, 0.2) is 11.5 Å². The highest BCUT2D eigenvalue weighted by molar-refractivity contribution is 6.07. The topological polar surface area (TPSA) is 97.3 Å². The Morgan fingerprint density at radius 3 is 2.31 bits per heavy atom. The third-order valence-electron chi connectivity index (χ3n) is 6.67. The largest absolute Gasteiger partial charge is 0.493 e. The molecule has 1 unspecified atom stereocenters. The Hall–Kier alpha value is -3.68. The first kappa shape index (κ1) is 28.3. The molecule has 1 saturated heterocycles. The standard InChI is InChI=1S/C25H24F6N2O6/c1-14-11-16(23(36,24(26,27)28)25(29,30)31)6-7-17(14)37-10-4-3-9-33-20(34)22(2,32-21(33)35)15-5-8-18-19(12-15)39-13-38-18/h5-8,11-12,36H,3-4,9-10,13H2,1-2H3,(H,32,35). The summed E-state index contributed by atoms with van der Waals surface area (Å²) in [6.07, 6.45) is -11.3. The van der Waals surface area contributed by atoms with E-state index >= 15 is 0 Å². The summed E-state index contributed by atoms with van der Waals surface area (Å²) in [6, 6.07) is 6.32. The average Bonchev–Trinajstić information content (AvgIpc) is 3.40. The van der Waals surface area contributed by atoms with Gasteiger partial charge in [0.2, 0.25) is 6.79 Å². The molecule has 212 valence electrons. The van der Waals surface area contributed by atoms with Crippen LogP contribution >= 0.6 is 0 Å². The monoisotopic (exact) mass is 562 g/mol. The average molecular weight is 562 g/mol. The van der Waals surface area contributed by atoms with E-state index in [1.807, 2.05) is 0 Å². The van der Waals surface area contributed by atoms with E-state index in [1.54, 1.807) is 25.1 Å². The van der Waals surface area contributed by atoms with Crippen molar-refractivity contribution in [3.8, 4) is 17.2 Å². The van der Waals surface area contributed by atoms with Crippen LogP contribution in [0.5, 0.6) is 17.2 Å². The molecule has 1 fully saturated rings. The van der Waals surface area contributed by atoms with Gasteiger partial charge in [-0.25, -0.2) is 4.79 Å². The Balaban J connectivity index is 1.33. The Labute approximate surface area is 218 Å². The van der Waals surface area contributed by atoms with E-state index in [1.165, 1.54) is 6.92 Å². The van der Waals surface area contributed by atoms with Gasteiger partial charge in [-0.15, -0.1) is 0 Å². The van der Waals surface area contributed by atoms with Crippen LogP contribution in [-0.2, 0) is 15.9 Å². The van der Waals surface area contributed by atoms with Gasteiger partial charge in [-0.1, -0.05) is 12.1 Å². The molecule has 2 aromatic rings. The number of imide groups is 1. The predicted molar refractivity (Wildman–Crippen MR) is 122 cm³/mol. The summed E-state index contributed by atoms with van der Waals surface area (Å²) >= 11 is 0. The van der Waals surface area contributed by atoms with Crippen LogP contribution < -0.4 is 19.5 Å². The Bertz CT molecular complexity index is 1270. The number of urea groups is 1. The number of hydrogen-bond donors (Lipinski definition) is 2. The highest BCUT2D eigenvalue weighted by atomic mass is 19.4. The van der Waals surface area contributed by atoms with Gasteiger partial charge in [-0.05, 0) is 62.1 Å². The minimum Gasteiger partial charge on any atom is -0.493 e. The number of aryl methyl sites for hydroxylation is 1. The summed E-state index contributed by atoms with van der Waals surface area (Å²) in [5.74, 6) is 0.532. The summed E-state index contributed by atoms with van der Waals surface area (Å²) in [5.41, 5.74) is -7.26. The van der Waals surface area contributed by atoms with E-state index in [-0.39, 0.29) is 31.3 Å². The van der Waals surface area contributed by atoms with Crippen molar-refractivity contribution in [1.82, 2.24) is 10.2 Å². The second kappa shape index (κ2) is 9.81. The third kappa shape index (κ3) is 4.92. The number of carbonyl (C=O) groups is 2. The maximum atomic E-state index is 13.1. The number of fused-ring (bicyclic) bond motifs is 1. The zero-order valence-corrected chi connectivity index (χ0v) is 20.7. The van der Waals surface area contributed by atoms with Crippen molar-refractivity contribution in [2.24, 2.45) is 0 Å². The van der Waals surface area contributed by atoms with Crippen molar-refractivity contribution >= 4 is 11.9 Å². The van der Waals surface area contributed by atoms with Gasteiger partial charge in [0.25, 0.3) is 11.5 Å². The molecule has 0 bridgehead atoms. The summed E-state index contributed by atoms with van der Waals surface area (Å²) in [6.45, 7) is 2.93. The molecule has 0 aromatic heterocycles. The molecule has 0 spiro atoms. The normalized spacial score (nSPS) is 19.5. The van der Waals surface area contributed by atoms with Crippen LogP contribution in [0.3, 0.4) is 0 Å². The van der Waals surface area contributed by atoms with Crippen molar-refractivity contribution in [1.29, 1.82) is 0 Å². The summed E-state index contributed by atoms with van der Waals surface area (Å²) in [4.78, 5) is 26.7. The zero-order valence-electron chi connectivity index (χ0n) is 20.7. The van der Waals surface area contributed by atoms with Gasteiger partial charge >= 0.3 is 18.4 Å². The van der Waals surface area contributed by atoms with Crippen molar-refractivity contribution in [3.05, 3.63) is 53.1 Å². The Morgan fingerprint density at radius 2 is 1.67 bits per heavy atom. The fourth-order valence-electron chi connectivity index (χ4n) is 4.38. The smallest absolute Gasteiger partial charge is 0.430 e. The number of unbranched alkanes of at least 4 members (excludes halogenated alkanes) is 1. The van der Waals surface area contributed by atoms with Gasteiger partial charge in [0.1, 0.15) is 11.3 Å². The lowest BCUT2D eigenvalue weighted by molar-refractivity contribution is -0.376. The molecule has 2 aliphatic heterocycles. The molecule has 14 heteroatoms. The number of amides is 3. The molecule has 3 amide bonds. The number of carbonyl (C=O) groups excluding carboxylic acids is 2. The number of nitrogens with zero attached hydrogens (tertiary/aromatic N) is 1. The number of alkyl halides is 6. The second-order valence-electron chi connectivity index (χ2n) is 9.32. The van der Waals surface area contributed by atoms with Gasteiger partial charge in [0, 0.05) is 12.1 Å². The number of aliphatic hydroxyl groups is 1. The third-order valence-corrected chi connectivity index (χ3v) is 6.67. The van der Waals surface area contributed by atoms with Crippen molar-refractivity contribution in [2.45, 2.75) is 50.2 Å². The van der Waals surface area contributed by atoms with Gasteiger partial charge in [-0.3, -0.25) is 9.69 Å². The number of hydrogen-bond acceptors (Lipinski definition) is 6. The quantitative estimate of drug-likeness (QED) is 0.276. The molecule has 8 nitrogen and oxygen atoms in total. The van der Waals surface area contributed by atoms with E-state index in [0.29, 0.717) is 42.0 Å². The highest BCUT2D eigenvalue weighted by Gasteiger charge is 2.71. The van der Waals surface area contributed by atoms with Gasteiger partial charge in [0.05, 0.1) is 6.61 Å². The highest BCUT2D eigenvalue weighted by Crippen LogP contribution is 2.50. The Kier molecular flexibility index (Phi) is 7.13. The minimum absolute atomic E-state index is 0.00603. The molecule has 0 aliphatic carbocycles. The predicted octanol–water partition coefficient (Wildman–Crippen LogP) is 4.66. The molecular formula is C25H24F6N2O6. The summed E-state index contributed by atoms with van der Waals surface area (Å²) < 4.78 is 94.8. The molecule has 2 aliphatic rings. The van der Waals surface area contributed by atoms with Crippen LogP contribution in [0.25, 0.3) is 0 Å². The molecule has 2 aromatic carbocycles. The van der Waals surface area contributed by atoms with Crippen LogP contribution in [0.2, 0.25) is 0 Å². The maximum absolute atomic E-state index is 13.1. The van der Waals surface area contributed by atoms with Crippen LogP contribution in [-0.4, -0.2) is 54.2 Å². The molecule has 2 N–H and O–H groups in total. The Morgan fingerprint density at radius 1 is 1.00 bits per heavy atom. The number of ether oxygens (including phenoxy) is 3. The van der Waals surface area contributed by atoms with Gasteiger partial charge < -0.3 is 24.6 Å². The SMILES string of the molecule is Cc1cc(C(O)(C(F)(F)F)C(F)(F)F)ccc1OCCCCN1C(=O)NC(C)(c2ccc3c(c2)OCO3)C1=O. The number of benzene rings is 2. The molecule has 0 saturated carbocycles. The van der Waals surface area contributed by atoms with Gasteiger partial charge in [-0.2, -0.15) is 26.3 Å². The van der Waals surface area contributed by atoms with Crippen molar-refractivity contribution < 1.29 is 55.2 Å². The summed E-state index contributed by atoms with van der Waals surface area (Å²) in [5, 5.41) is 12.2. The molecular weight excluding hydrogens is 538 g/mol. The lowest BCUT2D eigenvalue weighted by Gasteiger charge is -2.33. The van der Waals surface area contributed by atoms with E-state index < -0.39 is 41.0 Å². The van der Waals surface area contributed by atoms with E-state index in [2.05, 4.69) is 5.32 Å². The number of nitrogens with one attached hydrogen (secondary N) is 1. The lowest BCUT2D eigenvalue weighted by atomic mass is 9.91. The fraction of sp³-hybridized carbons (Fsp3) is 0.440. The van der Waals surface area contributed by atoms with E-state index in [9.17, 15) is 41.0 Å². The molecule has 2 heterocycles. The summed E-state index contributed by atoms with van der Waals surface area (Å²) in [7, 11) is 0. The van der Waals surface area contributed by atoms with Crippen LogP contribution in [0.1, 0.15) is 36.5 Å². The molecule has 39 heavy (non-hydrogen) atoms. The number of rotatable bonds is 8. The number of halogens is 6. The first-order valence-electron chi connectivity index (χ1n) is 11.7. The van der Waals surface area contributed by atoms with Crippen molar-refractivity contribution in [3.63, 3.8) is 0 Å². The molecule has 0 radical (unpaired) electrons. The minimum atomic E-state index is -5.99. The molecule has 1 atom stereocenters. The lowest BCUT2D eigenvalue weighted by Crippen LogP contribution is -2.53. The first-order valence-corrected chi connectivity index (χ1v) is 11.7. The maximum Gasteiger partial charge on any atom is 0.430 e. The first-order chi connectivity index (χ1) is 18.1. The van der Waals surface area contributed by atoms with Crippen molar-refractivity contribution in [2.75, 3.05) is 19.9 Å². The zero-order chi connectivity index (χ0) is 28.8. The van der Waals surface area contributed by atoms with Crippen LogP contribution in [0.4, 0.5) is 31.1 Å². The van der Waals surface area contributed by atoms with E-state index in [4.69, 9.17) is 14.2 Å². The molecule has 4 rings (SSSR count). The fourth-order valence-corrected chi connectivity index (χ4v) is 4.38. The second-order valence-corrected chi connectivity index (χ2v) is 9.32. The van der Waals surface area contributed by atoms with E-state index in [0.717, 1.165) is 11.0 Å².